The van der Waals surface area contributed by atoms with Crippen molar-refractivity contribution in [1.82, 2.24) is 0 Å². The van der Waals surface area contributed by atoms with Crippen LogP contribution < -0.4 is 14.8 Å². The van der Waals surface area contributed by atoms with Gasteiger partial charge in [-0.15, -0.1) is 11.3 Å². The lowest BCUT2D eigenvalue weighted by Crippen LogP contribution is -2.23. The molecule has 0 unspecified atom stereocenters. The summed E-state index contributed by atoms with van der Waals surface area (Å²) >= 11 is 1.32. The molecule has 1 amide bonds. The van der Waals surface area contributed by atoms with Crippen LogP contribution in [0.3, 0.4) is 0 Å². The first kappa shape index (κ1) is 21.1. The third-order valence-corrected chi connectivity index (χ3v) is 8.11. The van der Waals surface area contributed by atoms with Gasteiger partial charge in [0.15, 0.2) is 0 Å². The van der Waals surface area contributed by atoms with Crippen molar-refractivity contribution in [3.63, 3.8) is 0 Å². The quantitative estimate of drug-likeness (QED) is 0.526. The number of rotatable bonds is 7. The molecule has 0 saturated heterocycles. The summed E-state index contributed by atoms with van der Waals surface area (Å²) in [6.45, 7) is 4.01. The molecule has 1 N–H and O–H groups in total. The van der Waals surface area contributed by atoms with Crippen LogP contribution in [0.4, 0.5) is 5.69 Å². The minimum Gasteiger partial charge on any atom is -0.497 e. The van der Waals surface area contributed by atoms with Crippen LogP contribution in [-0.2, 0) is 14.6 Å². The topological polar surface area (TPSA) is 81.7 Å². The van der Waals surface area contributed by atoms with Gasteiger partial charge in [-0.05, 0) is 30.3 Å². The molecule has 31 heavy (non-hydrogen) atoms. The fourth-order valence-corrected chi connectivity index (χ4v) is 6.48. The lowest BCUT2D eigenvalue weighted by Gasteiger charge is -2.25. The minimum atomic E-state index is -3.82. The molecule has 4 rings (SSSR count). The predicted octanol–water partition coefficient (Wildman–Crippen LogP) is 4.63. The van der Waals surface area contributed by atoms with Gasteiger partial charge in [0.05, 0.1) is 17.7 Å². The van der Waals surface area contributed by atoms with E-state index in [9.17, 15) is 13.2 Å². The van der Waals surface area contributed by atoms with Crippen LogP contribution in [0.2, 0.25) is 0 Å². The molecule has 0 spiro atoms. The monoisotopic (exact) mass is 455 g/mol. The Balaban J connectivity index is 1.78. The summed E-state index contributed by atoms with van der Waals surface area (Å²) in [6, 6.07) is 13.7. The second-order valence-electron chi connectivity index (χ2n) is 6.96. The number of para-hydroxylation sites is 1. The van der Waals surface area contributed by atoms with Crippen LogP contribution in [0.1, 0.15) is 22.8 Å². The molecular formula is C23H21NO5S2. The molecule has 1 aliphatic rings. The van der Waals surface area contributed by atoms with Crippen LogP contribution in [0.25, 0.3) is 0 Å². The van der Waals surface area contributed by atoms with E-state index in [1.807, 2.05) is 24.3 Å². The molecule has 2 heterocycles. The highest BCUT2D eigenvalue weighted by Gasteiger charge is 2.35. The van der Waals surface area contributed by atoms with Gasteiger partial charge in [-0.2, -0.15) is 0 Å². The summed E-state index contributed by atoms with van der Waals surface area (Å²) < 4.78 is 37.5. The third-order valence-electron chi connectivity index (χ3n) is 5.07. The number of methoxy groups -OCH3 is 1. The summed E-state index contributed by atoms with van der Waals surface area (Å²) in [5.74, 6) is 0.687. The number of thiophene rings is 1. The molecule has 2 aromatic carbocycles. The van der Waals surface area contributed by atoms with Crippen molar-refractivity contribution in [3.8, 4) is 11.5 Å². The normalized spacial score (nSPS) is 15.6. The Morgan fingerprint density at radius 1 is 1.19 bits per heavy atom. The smallest absolute Gasteiger partial charge is 0.225 e. The Bertz CT molecular complexity index is 1230. The first-order valence-electron chi connectivity index (χ1n) is 9.58. The summed E-state index contributed by atoms with van der Waals surface area (Å²) in [7, 11) is -2.30. The van der Waals surface area contributed by atoms with Gasteiger partial charge in [-0.3, -0.25) is 4.79 Å². The fraction of sp³-hybridized carbons (Fsp3) is 0.174. The summed E-state index contributed by atoms with van der Waals surface area (Å²) in [5.41, 5.74) is 1.19. The van der Waals surface area contributed by atoms with Crippen molar-refractivity contribution in [3.05, 3.63) is 77.0 Å². The number of carbonyl (C=O) groups excluding carboxylic acids is 1. The Hall–Kier alpha value is -3.10. The van der Waals surface area contributed by atoms with E-state index < -0.39 is 9.84 Å². The molecule has 1 aliphatic heterocycles. The van der Waals surface area contributed by atoms with Gasteiger partial charge in [0.2, 0.25) is 15.7 Å². The van der Waals surface area contributed by atoms with Crippen LogP contribution >= 0.6 is 11.3 Å². The first-order chi connectivity index (χ1) is 15.0. The number of amides is 1. The molecule has 0 aliphatic carbocycles. The number of benzene rings is 2. The number of fused-ring (bicyclic) bond motifs is 1. The second kappa shape index (κ2) is 8.56. The molecule has 0 bridgehead atoms. The average molecular weight is 456 g/mol. The van der Waals surface area contributed by atoms with E-state index in [0.717, 1.165) is 10.4 Å². The maximum absolute atomic E-state index is 13.3. The van der Waals surface area contributed by atoms with Gasteiger partial charge in [0.1, 0.15) is 23.0 Å². The highest BCUT2D eigenvalue weighted by molar-refractivity contribution is 7.91. The molecule has 0 radical (unpaired) electrons. The zero-order valence-electron chi connectivity index (χ0n) is 16.8. The SMILES string of the molecule is C=CCOc1ccccc1[C@@H]1CC(=O)Nc2c(S(=O)(=O)c3ccc(OC)cc3)csc21. The summed E-state index contributed by atoms with van der Waals surface area (Å²) in [6.07, 6.45) is 1.87. The van der Waals surface area contributed by atoms with Crippen molar-refractivity contribution < 1.29 is 22.7 Å². The molecule has 1 atom stereocenters. The average Bonchev–Trinajstić information content (AvgIpc) is 3.22. The van der Waals surface area contributed by atoms with Gasteiger partial charge in [-0.25, -0.2) is 8.42 Å². The Kier molecular flexibility index (Phi) is 5.84. The highest BCUT2D eigenvalue weighted by Crippen LogP contribution is 2.47. The molecule has 6 nitrogen and oxygen atoms in total. The fourth-order valence-electron chi connectivity index (χ4n) is 3.58. The van der Waals surface area contributed by atoms with Crippen LogP contribution in [0.5, 0.6) is 11.5 Å². The van der Waals surface area contributed by atoms with E-state index >= 15 is 0 Å². The largest absolute Gasteiger partial charge is 0.497 e. The predicted molar refractivity (Wildman–Crippen MR) is 120 cm³/mol. The first-order valence-corrected chi connectivity index (χ1v) is 11.9. The Labute approximate surface area is 185 Å². The van der Waals surface area contributed by atoms with Gasteiger partial charge in [0, 0.05) is 28.2 Å². The van der Waals surface area contributed by atoms with E-state index in [2.05, 4.69) is 11.9 Å². The van der Waals surface area contributed by atoms with E-state index in [1.165, 1.54) is 30.6 Å². The maximum Gasteiger partial charge on any atom is 0.225 e. The van der Waals surface area contributed by atoms with Crippen molar-refractivity contribution in [2.75, 3.05) is 19.0 Å². The molecule has 160 valence electrons. The van der Waals surface area contributed by atoms with E-state index in [1.54, 1.807) is 23.6 Å². The number of ether oxygens (including phenoxy) is 2. The lowest BCUT2D eigenvalue weighted by atomic mass is 9.90. The van der Waals surface area contributed by atoms with Crippen LogP contribution in [-0.4, -0.2) is 28.0 Å². The van der Waals surface area contributed by atoms with Gasteiger partial charge < -0.3 is 14.8 Å². The molecule has 0 saturated carbocycles. The molecule has 1 aromatic heterocycles. The number of carbonyl (C=O) groups is 1. The number of sulfone groups is 1. The van der Waals surface area contributed by atoms with E-state index in [0.29, 0.717) is 23.8 Å². The highest BCUT2D eigenvalue weighted by atomic mass is 32.2. The molecule has 0 fully saturated rings. The second-order valence-corrected chi connectivity index (χ2v) is 9.79. The van der Waals surface area contributed by atoms with E-state index in [4.69, 9.17) is 9.47 Å². The van der Waals surface area contributed by atoms with Crippen molar-refractivity contribution >= 4 is 32.8 Å². The third kappa shape index (κ3) is 3.96. The zero-order valence-corrected chi connectivity index (χ0v) is 18.5. The Morgan fingerprint density at radius 3 is 2.65 bits per heavy atom. The summed E-state index contributed by atoms with van der Waals surface area (Å²) in [5, 5.41) is 4.37. The van der Waals surface area contributed by atoms with Crippen LogP contribution in [0, 0.1) is 0 Å². The zero-order chi connectivity index (χ0) is 22.0. The molecule has 8 heteroatoms. The number of nitrogens with one attached hydrogen (secondary N) is 1. The van der Waals surface area contributed by atoms with Gasteiger partial charge >= 0.3 is 0 Å². The van der Waals surface area contributed by atoms with Crippen molar-refractivity contribution in [2.24, 2.45) is 0 Å². The number of hydrogen-bond donors (Lipinski definition) is 1. The number of anilines is 1. The Morgan fingerprint density at radius 2 is 1.94 bits per heavy atom. The molecule has 3 aromatic rings. The van der Waals surface area contributed by atoms with Crippen molar-refractivity contribution in [1.29, 1.82) is 0 Å². The standard InChI is InChI=1S/C23H21NO5S2/c1-3-12-29-19-7-5-4-6-17(19)18-13-21(25)24-22-20(14-30-23(18)22)31(26,27)16-10-8-15(28-2)9-11-16/h3-11,14,18H,1,12-13H2,2H3,(H,24,25)/t18-/m0/s1. The minimum absolute atomic E-state index is 0.0974. The number of hydrogen-bond acceptors (Lipinski definition) is 6. The van der Waals surface area contributed by atoms with E-state index in [-0.39, 0.29) is 28.0 Å². The van der Waals surface area contributed by atoms with Crippen molar-refractivity contribution in [2.45, 2.75) is 22.1 Å². The summed E-state index contributed by atoms with van der Waals surface area (Å²) in [4.78, 5) is 13.6. The molecular weight excluding hydrogens is 434 g/mol. The van der Waals surface area contributed by atoms with Gasteiger partial charge in [0.25, 0.3) is 0 Å². The van der Waals surface area contributed by atoms with Crippen LogP contribution in [0.15, 0.2) is 76.4 Å². The maximum atomic E-state index is 13.3. The lowest BCUT2D eigenvalue weighted by molar-refractivity contribution is -0.116. The van der Waals surface area contributed by atoms with Gasteiger partial charge in [-0.1, -0.05) is 30.9 Å².